The van der Waals surface area contributed by atoms with E-state index in [9.17, 15) is 4.79 Å². The summed E-state index contributed by atoms with van der Waals surface area (Å²) < 4.78 is 11.1. The highest BCUT2D eigenvalue weighted by Gasteiger charge is 2.32. The number of aromatic nitrogens is 1. The maximum Gasteiger partial charge on any atom is 0.254 e. The van der Waals surface area contributed by atoms with Crippen molar-refractivity contribution in [3.8, 4) is 22.6 Å². The number of nitrogens with one attached hydrogen (secondary N) is 1. The van der Waals surface area contributed by atoms with Gasteiger partial charge in [-0.3, -0.25) is 4.79 Å². The summed E-state index contributed by atoms with van der Waals surface area (Å²) >= 11 is 6.12. The van der Waals surface area contributed by atoms with Crippen LogP contribution in [-0.2, 0) is 0 Å². The molecule has 4 heterocycles. The second kappa shape index (κ2) is 11.5. The number of carbonyl (C=O) groups is 1. The van der Waals surface area contributed by atoms with Crippen LogP contribution in [0.4, 0.5) is 5.82 Å². The molecule has 7 rings (SSSR count). The van der Waals surface area contributed by atoms with Crippen LogP contribution < -0.4 is 14.8 Å². The molecule has 0 unspecified atom stereocenters. The Morgan fingerprint density at radius 1 is 0.952 bits per heavy atom. The van der Waals surface area contributed by atoms with E-state index < -0.39 is 0 Å². The highest BCUT2D eigenvalue weighted by Crippen LogP contribution is 2.37. The van der Waals surface area contributed by atoms with Crippen LogP contribution in [-0.4, -0.2) is 59.7 Å². The Bertz CT molecular complexity index is 1620. The molecule has 2 fully saturated rings. The second-order valence-electron chi connectivity index (χ2n) is 11.6. The molecule has 3 aliphatic rings. The number of rotatable bonds is 7. The fraction of sp³-hybridized carbons (Fsp3) is 0.353. The minimum absolute atomic E-state index is 0.0159. The van der Waals surface area contributed by atoms with Gasteiger partial charge in [0.15, 0.2) is 11.5 Å². The zero-order chi connectivity index (χ0) is 28.6. The fourth-order valence-corrected chi connectivity index (χ4v) is 6.63. The van der Waals surface area contributed by atoms with E-state index in [0.717, 1.165) is 78.1 Å². The van der Waals surface area contributed by atoms with Crippen LogP contribution in [0.25, 0.3) is 22.0 Å². The molecule has 2 saturated heterocycles. The normalized spacial score (nSPS) is 19.0. The number of fused-ring (bicyclic) bond motifs is 2. The lowest BCUT2D eigenvalue weighted by Crippen LogP contribution is -2.42. The Morgan fingerprint density at radius 2 is 1.71 bits per heavy atom. The molecule has 2 atom stereocenters. The molecule has 0 bridgehead atoms. The van der Waals surface area contributed by atoms with Crippen LogP contribution in [0.5, 0.6) is 11.5 Å². The lowest BCUT2D eigenvalue weighted by molar-refractivity contribution is 0.0710. The summed E-state index contributed by atoms with van der Waals surface area (Å²) in [7, 11) is 0. The van der Waals surface area contributed by atoms with Gasteiger partial charge in [-0.1, -0.05) is 35.9 Å². The van der Waals surface area contributed by atoms with Gasteiger partial charge in [0.05, 0.1) is 11.1 Å². The first-order valence-electron chi connectivity index (χ1n) is 14.9. The van der Waals surface area contributed by atoms with Crippen molar-refractivity contribution >= 4 is 34.2 Å². The fourth-order valence-electron chi connectivity index (χ4n) is 6.50. The summed E-state index contributed by atoms with van der Waals surface area (Å²) in [6.07, 6.45) is 4.58. The molecule has 4 aromatic rings. The number of hydrogen-bond acceptors (Lipinski definition) is 6. The number of likely N-dealkylation sites (tertiary alicyclic amines) is 2. The van der Waals surface area contributed by atoms with Crippen LogP contribution in [0.1, 0.15) is 54.6 Å². The van der Waals surface area contributed by atoms with Gasteiger partial charge in [-0.15, -0.1) is 0 Å². The van der Waals surface area contributed by atoms with Gasteiger partial charge in [0.2, 0.25) is 6.79 Å². The van der Waals surface area contributed by atoms with Crippen molar-refractivity contribution < 1.29 is 14.3 Å². The molecule has 3 aliphatic heterocycles. The van der Waals surface area contributed by atoms with Gasteiger partial charge in [0.25, 0.3) is 5.91 Å². The van der Waals surface area contributed by atoms with Crippen LogP contribution in [0.2, 0.25) is 5.02 Å². The zero-order valence-corrected chi connectivity index (χ0v) is 24.6. The van der Waals surface area contributed by atoms with Gasteiger partial charge in [-0.25, -0.2) is 4.98 Å². The largest absolute Gasteiger partial charge is 0.454 e. The maximum atomic E-state index is 14.4. The third kappa shape index (κ3) is 5.39. The molecule has 1 N–H and O–H groups in total. The van der Waals surface area contributed by atoms with E-state index in [4.69, 9.17) is 26.1 Å². The summed E-state index contributed by atoms with van der Waals surface area (Å²) in [6.45, 7) is 6.32. The van der Waals surface area contributed by atoms with Crippen molar-refractivity contribution in [1.82, 2.24) is 14.8 Å². The Morgan fingerprint density at radius 3 is 2.55 bits per heavy atom. The van der Waals surface area contributed by atoms with E-state index in [2.05, 4.69) is 34.2 Å². The third-order valence-corrected chi connectivity index (χ3v) is 9.04. The quantitative estimate of drug-likeness (QED) is 0.249. The van der Waals surface area contributed by atoms with Crippen molar-refractivity contribution in [2.75, 3.05) is 38.3 Å². The molecule has 0 saturated carbocycles. The van der Waals surface area contributed by atoms with Crippen LogP contribution in [0.15, 0.2) is 66.7 Å². The standard InChI is InChI=1S/C34H35ClN4O3/c1-22(23-6-10-26(35)11-7-23)36-33-19-29(34(40)39-16-4-5-27(39)20-38-14-2-3-15-38)28-17-24(8-12-30(28)37-33)25-9-13-31-32(18-25)42-21-41-31/h6-13,17-19,22,27H,2-5,14-16,20-21H2,1H3,(H,36,37)/t22-,27-/m0/s1. The summed E-state index contributed by atoms with van der Waals surface area (Å²) in [6, 6.07) is 22.1. The van der Waals surface area contributed by atoms with Gasteiger partial charge in [0.1, 0.15) is 5.82 Å². The van der Waals surface area contributed by atoms with Gasteiger partial charge < -0.3 is 24.6 Å². The van der Waals surface area contributed by atoms with E-state index >= 15 is 0 Å². The van der Waals surface area contributed by atoms with E-state index in [1.54, 1.807) is 0 Å². The van der Waals surface area contributed by atoms with Crippen LogP contribution in [0, 0.1) is 0 Å². The number of hydrogen-bond donors (Lipinski definition) is 1. The number of ether oxygens (including phenoxy) is 2. The lowest BCUT2D eigenvalue weighted by atomic mass is 9.99. The van der Waals surface area contributed by atoms with Gasteiger partial charge in [-0.2, -0.15) is 0 Å². The smallest absolute Gasteiger partial charge is 0.254 e. The van der Waals surface area contributed by atoms with Crippen molar-refractivity contribution in [1.29, 1.82) is 0 Å². The summed E-state index contributed by atoms with van der Waals surface area (Å²) in [5.41, 5.74) is 4.57. The predicted molar refractivity (Wildman–Crippen MR) is 167 cm³/mol. The molecule has 216 valence electrons. The number of pyridine rings is 1. The molecule has 3 aromatic carbocycles. The SMILES string of the molecule is C[C@H](Nc1cc(C(=O)N2CCC[C@H]2CN2CCCC2)c2cc(-c3ccc4c(c3)OCO4)ccc2n1)c1ccc(Cl)cc1. The van der Waals surface area contributed by atoms with E-state index in [0.29, 0.717) is 16.4 Å². The average molecular weight is 583 g/mol. The highest BCUT2D eigenvalue weighted by molar-refractivity contribution is 6.30. The maximum absolute atomic E-state index is 14.4. The molecular weight excluding hydrogens is 548 g/mol. The molecule has 8 heteroatoms. The number of halogens is 1. The minimum Gasteiger partial charge on any atom is -0.454 e. The first kappa shape index (κ1) is 27.0. The third-order valence-electron chi connectivity index (χ3n) is 8.79. The Hall–Kier alpha value is -3.81. The van der Waals surface area contributed by atoms with Crippen molar-refractivity contribution in [2.45, 2.75) is 44.7 Å². The molecular formula is C34H35ClN4O3. The highest BCUT2D eigenvalue weighted by atomic mass is 35.5. The van der Waals surface area contributed by atoms with Crippen molar-refractivity contribution in [3.05, 3.63) is 82.9 Å². The molecule has 0 spiro atoms. The number of benzene rings is 3. The first-order valence-corrected chi connectivity index (χ1v) is 15.3. The molecule has 0 radical (unpaired) electrons. The van der Waals surface area contributed by atoms with Crippen LogP contribution >= 0.6 is 11.6 Å². The first-order chi connectivity index (χ1) is 20.5. The summed E-state index contributed by atoms with van der Waals surface area (Å²) in [5.74, 6) is 2.24. The number of anilines is 1. The van der Waals surface area contributed by atoms with E-state index in [-0.39, 0.29) is 24.8 Å². The molecule has 1 amide bonds. The number of carbonyl (C=O) groups excluding carboxylic acids is 1. The predicted octanol–water partition coefficient (Wildman–Crippen LogP) is 7.16. The molecule has 7 nitrogen and oxygen atoms in total. The monoisotopic (exact) mass is 582 g/mol. The van der Waals surface area contributed by atoms with E-state index in [1.165, 1.54) is 12.8 Å². The molecule has 0 aliphatic carbocycles. The van der Waals surface area contributed by atoms with Gasteiger partial charge >= 0.3 is 0 Å². The zero-order valence-electron chi connectivity index (χ0n) is 23.8. The molecule has 42 heavy (non-hydrogen) atoms. The Balaban J connectivity index is 1.26. The van der Waals surface area contributed by atoms with Gasteiger partial charge in [-0.05, 0) is 105 Å². The van der Waals surface area contributed by atoms with Crippen LogP contribution in [0.3, 0.4) is 0 Å². The topological polar surface area (TPSA) is 66.9 Å². The average Bonchev–Trinajstić information content (AvgIpc) is 3.79. The van der Waals surface area contributed by atoms with Crippen molar-refractivity contribution in [3.63, 3.8) is 0 Å². The Kier molecular flexibility index (Phi) is 7.38. The summed E-state index contributed by atoms with van der Waals surface area (Å²) in [5, 5.41) is 5.09. The number of nitrogens with zero attached hydrogens (tertiary/aromatic N) is 3. The number of amides is 1. The summed E-state index contributed by atoms with van der Waals surface area (Å²) in [4.78, 5) is 24.0. The minimum atomic E-state index is -0.0159. The Labute approximate surface area is 251 Å². The van der Waals surface area contributed by atoms with Crippen molar-refractivity contribution in [2.24, 2.45) is 0 Å². The lowest BCUT2D eigenvalue weighted by Gasteiger charge is -2.29. The second-order valence-corrected chi connectivity index (χ2v) is 12.0. The molecule has 1 aromatic heterocycles. The van der Waals surface area contributed by atoms with Gasteiger partial charge in [0, 0.05) is 35.6 Å². The van der Waals surface area contributed by atoms with E-state index in [1.807, 2.05) is 54.6 Å².